The molecule has 1 atom stereocenters. The van der Waals surface area contributed by atoms with Crippen molar-refractivity contribution in [3.63, 3.8) is 0 Å². The number of unbranched alkanes of at least 4 members (excludes halogenated alkanes) is 34. The molecule has 64 heavy (non-hydrogen) atoms. The predicted octanol–water partition coefficient (Wildman–Crippen LogP) is 18.5. The van der Waals surface area contributed by atoms with Gasteiger partial charge in [-0.2, -0.15) is 0 Å². The van der Waals surface area contributed by atoms with Crippen molar-refractivity contribution in [2.24, 2.45) is 0 Å². The third kappa shape index (κ3) is 50.6. The summed E-state index contributed by atoms with van der Waals surface area (Å²) >= 11 is 0. The molecule has 0 spiro atoms. The minimum absolute atomic E-state index is 0.0745. The lowest BCUT2D eigenvalue weighted by Gasteiger charge is -2.18. The highest BCUT2D eigenvalue weighted by molar-refractivity contribution is 5.71. The minimum atomic E-state index is -0.776. The van der Waals surface area contributed by atoms with Gasteiger partial charge in [0, 0.05) is 19.3 Å². The third-order valence-corrected chi connectivity index (χ3v) is 12.4. The maximum Gasteiger partial charge on any atom is 0.306 e. The van der Waals surface area contributed by atoms with Gasteiger partial charge in [0.25, 0.3) is 0 Å². The molecule has 0 unspecified atom stereocenters. The first kappa shape index (κ1) is 61.6. The smallest absolute Gasteiger partial charge is 0.306 e. The average molecular weight is 899 g/mol. The molecule has 0 fully saturated rings. The van der Waals surface area contributed by atoms with Gasteiger partial charge in [-0.25, -0.2) is 0 Å². The van der Waals surface area contributed by atoms with E-state index in [1.165, 1.54) is 161 Å². The zero-order valence-electron chi connectivity index (χ0n) is 42.8. The van der Waals surface area contributed by atoms with E-state index in [2.05, 4.69) is 57.2 Å². The van der Waals surface area contributed by atoms with Crippen LogP contribution in [0.1, 0.15) is 297 Å². The number of ether oxygens (including phenoxy) is 3. The molecule has 0 rings (SSSR count). The fraction of sp³-hybridized carbons (Fsp3) is 0.845. The highest BCUT2D eigenvalue weighted by Crippen LogP contribution is 2.17. The van der Waals surface area contributed by atoms with Crippen LogP contribution in [0.3, 0.4) is 0 Å². The van der Waals surface area contributed by atoms with Gasteiger partial charge in [0.05, 0.1) is 0 Å². The van der Waals surface area contributed by atoms with Crippen molar-refractivity contribution in [3.05, 3.63) is 36.5 Å². The Morgan fingerprint density at radius 2 is 0.609 bits per heavy atom. The molecule has 0 N–H and O–H groups in total. The summed E-state index contributed by atoms with van der Waals surface area (Å²) in [5.74, 6) is -0.874. The number of hydrogen-bond donors (Lipinski definition) is 0. The van der Waals surface area contributed by atoms with E-state index >= 15 is 0 Å². The highest BCUT2D eigenvalue weighted by atomic mass is 16.6. The van der Waals surface area contributed by atoms with Gasteiger partial charge >= 0.3 is 17.9 Å². The summed E-state index contributed by atoms with van der Waals surface area (Å²) in [5.41, 5.74) is 0. The van der Waals surface area contributed by atoms with E-state index in [0.29, 0.717) is 19.3 Å². The number of carbonyl (C=O) groups excluding carboxylic acids is 3. The molecule has 0 saturated heterocycles. The second-order valence-corrected chi connectivity index (χ2v) is 18.8. The van der Waals surface area contributed by atoms with E-state index in [4.69, 9.17) is 14.2 Å². The Kier molecular flexibility index (Phi) is 51.3. The number of esters is 3. The van der Waals surface area contributed by atoms with Crippen LogP contribution in [-0.4, -0.2) is 37.2 Å². The molecule has 0 aliphatic rings. The summed E-state index contributed by atoms with van der Waals surface area (Å²) in [5, 5.41) is 0. The molecule has 0 aliphatic heterocycles. The molecule has 6 heteroatoms. The zero-order valence-corrected chi connectivity index (χ0v) is 42.8. The molecule has 0 saturated carbocycles. The molecule has 0 radical (unpaired) electrons. The number of hydrogen-bond acceptors (Lipinski definition) is 6. The van der Waals surface area contributed by atoms with Crippen molar-refractivity contribution >= 4 is 17.9 Å². The van der Waals surface area contributed by atoms with Crippen molar-refractivity contribution < 1.29 is 28.6 Å². The Bertz CT molecular complexity index is 1080. The summed E-state index contributed by atoms with van der Waals surface area (Å²) in [6.07, 6.45) is 62.7. The Balaban J connectivity index is 4.33. The van der Waals surface area contributed by atoms with Crippen LogP contribution >= 0.6 is 0 Å². The van der Waals surface area contributed by atoms with E-state index < -0.39 is 6.10 Å². The van der Waals surface area contributed by atoms with Gasteiger partial charge in [0.2, 0.25) is 0 Å². The normalized spacial score (nSPS) is 12.2. The van der Waals surface area contributed by atoms with Gasteiger partial charge in [-0.3, -0.25) is 14.4 Å². The molecule has 0 aromatic carbocycles. The molecular formula is C58H106O6. The molecule has 0 aliphatic carbocycles. The minimum Gasteiger partial charge on any atom is -0.462 e. The van der Waals surface area contributed by atoms with Crippen LogP contribution in [0.15, 0.2) is 36.5 Å². The van der Waals surface area contributed by atoms with Crippen LogP contribution in [-0.2, 0) is 28.6 Å². The summed E-state index contributed by atoms with van der Waals surface area (Å²) in [6, 6.07) is 0. The van der Waals surface area contributed by atoms with Crippen molar-refractivity contribution in [2.75, 3.05) is 13.2 Å². The van der Waals surface area contributed by atoms with Crippen molar-refractivity contribution in [2.45, 2.75) is 303 Å². The lowest BCUT2D eigenvalue weighted by atomic mass is 10.0. The zero-order chi connectivity index (χ0) is 46.5. The molecule has 0 amide bonds. The first-order chi connectivity index (χ1) is 31.5. The first-order valence-corrected chi connectivity index (χ1v) is 28.0. The van der Waals surface area contributed by atoms with Gasteiger partial charge in [0.1, 0.15) is 13.2 Å². The SMILES string of the molecule is CC/C=C/C/C=C/C/C=C/CCCCCCCC(=O)O[C@H](COC(=O)CCCCCCCCCCCCCCC)COC(=O)CCCCCCCCCCCCCCCCCCCC. The summed E-state index contributed by atoms with van der Waals surface area (Å²) in [6.45, 7) is 6.55. The molecule has 6 nitrogen and oxygen atoms in total. The topological polar surface area (TPSA) is 78.9 Å². The molecular weight excluding hydrogens is 793 g/mol. The van der Waals surface area contributed by atoms with Gasteiger partial charge in [-0.05, 0) is 51.4 Å². The fourth-order valence-electron chi connectivity index (χ4n) is 8.22. The Morgan fingerprint density at radius 3 is 0.953 bits per heavy atom. The second kappa shape index (κ2) is 53.2. The van der Waals surface area contributed by atoms with E-state index in [-0.39, 0.29) is 31.1 Å². The van der Waals surface area contributed by atoms with E-state index in [1.54, 1.807) is 0 Å². The van der Waals surface area contributed by atoms with Crippen molar-refractivity contribution in [3.8, 4) is 0 Å². The van der Waals surface area contributed by atoms with Crippen LogP contribution in [0.5, 0.6) is 0 Å². The maximum absolute atomic E-state index is 12.8. The molecule has 0 aromatic heterocycles. The van der Waals surface area contributed by atoms with Crippen molar-refractivity contribution in [1.29, 1.82) is 0 Å². The number of rotatable bonds is 51. The Labute approximate surface area is 397 Å². The summed E-state index contributed by atoms with van der Waals surface area (Å²) in [4.78, 5) is 38.1. The van der Waals surface area contributed by atoms with Crippen LogP contribution in [0.25, 0.3) is 0 Å². The lowest BCUT2D eigenvalue weighted by Crippen LogP contribution is -2.30. The average Bonchev–Trinajstić information content (AvgIpc) is 3.29. The maximum atomic E-state index is 12.8. The second-order valence-electron chi connectivity index (χ2n) is 18.8. The quantitative estimate of drug-likeness (QED) is 0.0262. The lowest BCUT2D eigenvalue weighted by molar-refractivity contribution is -0.167. The molecule has 374 valence electrons. The van der Waals surface area contributed by atoms with Crippen LogP contribution in [0.4, 0.5) is 0 Å². The van der Waals surface area contributed by atoms with E-state index in [0.717, 1.165) is 96.3 Å². The van der Waals surface area contributed by atoms with Crippen LogP contribution in [0, 0.1) is 0 Å². The monoisotopic (exact) mass is 899 g/mol. The predicted molar refractivity (Wildman–Crippen MR) is 275 cm³/mol. The van der Waals surface area contributed by atoms with E-state index in [1.807, 2.05) is 0 Å². The summed E-state index contributed by atoms with van der Waals surface area (Å²) in [7, 11) is 0. The Hall–Kier alpha value is -2.37. The molecule has 0 aromatic rings. The third-order valence-electron chi connectivity index (χ3n) is 12.4. The standard InChI is InChI=1S/C58H106O6/c1-4-7-10-13-16-19-22-25-27-28-29-31-33-36-39-42-45-48-51-57(60)63-54-55(53-62-56(59)50-47-44-41-38-35-32-24-21-18-15-12-9-6-3)64-58(61)52-49-46-43-40-37-34-30-26-23-20-17-14-11-8-5-2/h8,11,17,20,26,30,55H,4-7,9-10,12-16,18-19,21-25,27-29,31-54H2,1-3H3/b11-8+,20-17+,30-26+/t55-/m1/s1. The van der Waals surface area contributed by atoms with E-state index in [9.17, 15) is 14.4 Å². The molecule has 0 heterocycles. The number of carbonyl (C=O) groups is 3. The fourth-order valence-corrected chi connectivity index (χ4v) is 8.22. The van der Waals surface area contributed by atoms with Gasteiger partial charge in [-0.1, -0.05) is 263 Å². The van der Waals surface area contributed by atoms with Crippen LogP contribution < -0.4 is 0 Å². The van der Waals surface area contributed by atoms with Gasteiger partial charge in [-0.15, -0.1) is 0 Å². The highest BCUT2D eigenvalue weighted by Gasteiger charge is 2.19. The first-order valence-electron chi connectivity index (χ1n) is 28.0. The summed E-state index contributed by atoms with van der Waals surface area (Å²) < 4.78 is 16.8. The van der Waals surface area contributed by atoms with Gasteiger partial charge in [0.15, 0.2) is 6.10 Å². The largest absolute Gasteiger partial charge is 0.462 e. The van der Waals surface area contributed by atoms with Gasteiger partial charge < -0.3 is 14.2 Å². The molecule has 0 bridgehead atoms. The Morgan fingerprint density at radius 1 is 0.328 bits per heavy atom. The number of allylic oxidation sites excluding steroid dienone is 6. The van der Waals surface area contributed by atoms with Crippen molar-refractivity contribution in [1.82, 2.24) is 0 Å². The van der Waals surface area contributed by atoms with Crippen LogP contribution in [0.2, 0.25) is 0 Å².